The Bertz CT molecular complexity index is 645. The molecule has 0 aliphatic carbocycles. The lowest BCUT2D eigenvalue weighted by atomic mass is 10.1. The van der Waals surface area contributed by atoms with Crippen LogP contribution < -0.4 is 10.2 Å². The number of nitrogens with zero attached hydrogens (tertiary/aromatic N) is 2. The summed E-state index contributed by atoms with van der Waals surface area (Å²) in [5, 5.41) is 6.01. The summed E-state index contributed by atoms with van der Waals surface area (Å²) in [5.41, 5.74) is 3.14. The van der Waals surface area contributed by atoms with E-state index in [1.54, 1.807) is 11.3 Å². The maximum absolute atomic E-state index is 12.0. The Balaban J connectivity index is 1.50. The van der Waals surface area contributed by atoms with Gasteiger partial charge in [0.2, 0.25) is 5.91 Å². The Labute approximate surface area is 141 Å². The summed E-state index contributed by atoms with van der Waals surface area (Å²) in [6, 6.07) is 8.20. The van der Waals surface area contributed by atoms with Gasteiger partial charge in [-0.3, -0.25) is 4.79 Å². The highest BCUT2D eigenvalue weighted by Crippen LogP contribution is 2.22. The molecule has 2 heterocycles. The van der Waals surface area contributed by atoms with Crippen molar-refractivity contribution >= 4 is 28.6 Å². The van der Waals surface area contributed by atoms with Crippen LogP contribution in [-0.4, -0.2) is 24.0 Å². The molecule has 1 aromatic heterocycles. The third-order valence-electron chi connectivity index (χ3n) is 4.10. The highest BCUT2D eigenvalue weighted by molar-refractivity contribution is 7.09. The third kappa shape index (κ3) is 4.55. The molecule has 2 aromatic rings. The number of aryl methyl sites for hydroxylation is 2. The molecule has 4 nitrogen and oxygen atoms in total. The van der Waals surface area contributed by atoms with Crippen molar-refractivity contribution in [1.29, 1.82) is 0 Å². The molecule has 1 amide bonds. The Morgan fingerprint density at radius 3 is 2.61 bits per heavy atom. The molecule has 1 N–H and O–H groups in total. The fraction of sp³-hybridized carbons (Fsp3) is 0.444. The van der Waals surface area contributed by atoms with Gasteiger partial charge < -0.3 is 10.2 Å². The van der Waals surface area contributed by atoms with E-state index in [4.69, 9.17) is 0 Å². The average Bonchev–Trinajstić information content (AvgIpc) is 3.00. The highest BCUT2D eigenvalue weighted by atomic mass is 32.1. The first-order chi connectivity index (χ1) is 11.2. The summed E-state index contributed by atoms with van der Waals surface area (Å²) in [4.78, 5) is 18.8. The second-order valence-corrected chi connectivity index (χ2v) is 6.97. The molecule has 1 aliphatic heterocycles. The molecular weight excluding hydrogens is 306 g/mol. The minimum Gasteiger partial charge on any atom is -0.372 e. The zero-order valence-corrected chi connectivity index (χ0v) is 14.4. The van der Waals surface area contributed by atoms with Gasteiger partial charge in [-0.2, -0.15) is 0 Å². The largest absolute Gasteiger partial charge is 0.372 e. The Morgan fingerprint density at radius 1 is 1.22 bits per heavy atom. The van der Waals surface area contributed by atoms with Gasteiger partial charge in [0.05, 0.1) is 5.01 Å². The van der Waals surface area contributed by atoms with Crippen molar-refractivity contribution in [2.45, 2.75) is 39.0 Å². The summed E-state index contributed by atoms with van der Waals surface area (Å²) < 4.78 is 0. The monoisotopic (exact) mass is 329 g/mol. The summed E-state index contributed by atoms with van der Waals surface area (Å²) in [7, 11) is 0. The van der Waals surface area contributed by atoms with E-state index in [9.17, 15) is 4.79 Å². The number of aromatic nitrogens is 1. The van der Waals surface area contributed by atoms with Crippen molar-refractivity contribution in [3.05, 3.63) is 40.3 Å². The number of carbonyl (C=O) groups is 1. The maximum atomic E-state index is 12.0. The number of anilines is 2. The van der Waals surface area contributed by atoms with Gasteiger partial charge in [-0.25, -0.2) is 4.98 Å². The predicted molar refractivity (Wildman–Crippen MR) is 96.3 cm³/mol. The van der Waals surface area contributed by atoms with Gasteiger partial charge in [-0.05, 0) is 50.5 Å². The number of nitrogens with one attached hydrogen (secondary N) is 1. The first-order valence-electron chi connectivity index (χ1n) is 8.26. The lowest BCUT2D eigenvalue weighted by Gasteiger charge is -2.28. The van der Waals surface area contributed by atoms with Crippen LogP contribution in [0.3, 0.4) is 0 Å². The molecular formula is C18H23N3OS. The van der Waals surface area contributed by atoms with E-state index >= 15 is 0 Å². The lowest BCUT2D eigenvalue weighted by Crippen LogP contribution is -2.29. The van der Waals surface area contributed by atoms with Gasteiger partial charge in [-0.1, -0.05) is 0 Å². The van der Waals surface area contributed by atoms with Crippen molar-refractivity contribution in [1.82, 2.24) is 4.98 Å². The number of rotatable bonds is 5. The first-order valence-corrected chi connectivity index (χ1v) is 9.14. The van der Waals surface area contributed by atoms with E-state index < -0.39 is 0 Å². The SMILES string of the molecule is Cc1csc(CCC(=O)Nc2ccc(N3CCCCC3)cc2)n1. The van der Waals surface area contributed by atoms with E-state index in [0.29, 0.717) is 12.8 Å². The quantitative estimate of drug-likeness (QED) is 0.901. The number of amides is 1. The molecule has 0 spiro atoms. The van der Waals surface area contributed by atoms with Crippen LogP contribution in [0.25, 0.3) is 0 Å². The fourth-order valence-corrected chi connectivity index (χ4v) is 3.65. The van der Waals surface area contributed by atoms with Gasteiger partial charge >= 0.3 is 0 Å². The maximum Gasteiger partial charge on any atom is 0.224 e. The molecule has 0 atom stereocenters. The molecule has 1 saturated heterocycles. The Morgan fingerprint density at radius 2 is 1.96 bits per heavy atom. The predicted octanol–water partition coefficient (Wildman–Crippen LogP) is 4.01. The number of carbonyl (C=O) groups excluding carboxylic acids is 1. The molecule has 1 aliphatic rings. The summed E-state index contributed by atoms with van der Waals surface area (Å²) in [6.45, 7) is 4.25. The van der Waals surface area contributed by atoms with Crippen LogP contribution in [0.5, 0.6) is 0 Å². The molecule has 3 rings (SSSR count). The zero-order chi connectivity index (χ0) is 16.1. The second kappa shape index (κ2) is 7.59. The molecule has 23 heavy (non-hydrogen) atoms. The molecule has 0 saturated carbocycles. The van der Waals surface area contributed by atoms with Crippen LogP contribution in [0.1, 0.15) is 36.4 Å². The fourth-order valence-electron chi connectivity index (χ4n) is 2.87. The first kappa shape index (κ1) is 16.0. The van der Waals surface area contributed by atoms with Gasteiger partial charge in [0.1, 0.15) is 0 Å². The molecule has 1 aromatic carbocycles. The Kier molecular flexibility index (Phi) is 5.28. The van der Waals surface area contributed by atoms with Crippen molar-refractivity contribution in [3.63, 3.8) is 0 Å². The van der Waals surface area contributed by atoms with E-state index in [1.165, 1.54) is 24.9 Å². The lowest BCUT2D eigenvalue weighted by molar-refractivity contribution is -0.116. The van der Waals surface area contributed by atoms with Crippen molar-refractivity contribution < 1.29 is 4.79 Å². The van der Waals surface area contributed by atoms with Gasteiger partial charge in [-0.15, -0.1) is 11.3 Å². The van der Waals surface area contributed by atoms with E-state index in [-0.39, 0.29) is 5.91 Å². The van der Waals surface area contributed by atoms with Crippen LogP contribution in [0.4, 0.5) is 11.4 Å². The van der Waals surface area contributed by atoms with E-state index in [2.05, 4.69) is 27.3 Å². The normalized spacial score (nSPS) is 14.7. The molecule has 0 radical (unpaired) electrons. The Hall–Kier alpha value is -1.88. The highest BCUT2D eigenvalue weighted by Gasteiger charge is 2.11. The zero-order valence-electron chi connectivity index (χ0n) is 13.5. The molecule has 0 unspecified atom stereocenters. The van der Waals surface area contributed by atoms with Crippen LogP contribution in [0, 0.1) is 6.92 Å². The minimum absolute atomic E-state index is 0.0450. The molecule has 1 fully saturated rings. The van der Waals surface area contributed by atoms with Crippen LogP contribution in [0.15, 0.2) is 29.6 Å². The summed E-state index contributed by atoms with van der Waals surface area (Å²) >= 11 is 1.62. The number of piperidine rings is 1. The second-order valence-electron chi connectivity index (χ2n) is 6.03. The molecule has 122 valence electrons. The summed E-state index contributed by atoms with van der Waals surface area (Å²) in [5.74, 6) is 0.0450. The number of benzene rings is 1. The standard InChI is InChI=1S/C18H23N3OS/c1-14-13-23-18(19-14)10-9-17(22)20-15-5-7-16(8-6-15)21-11-3-2-4-12-21/h5-8,13H,2-4,9-12H2,1H3,(H,20,22). The minimum atomic E-state index is 0.0450. The van der Waals surface area contributed by atoms with Crippen molar-refractivity contribution in [2.24, 2.45) is 0 Å². The van der Waals surface area contributed by atoms with Gasteiger partial charge in [0.25, 0.3) is 0 Å². The average molecular weight is 329 g/mol. The summed E-state index contributed by atoms with van der Waals surface area (Å²) in [6.07, 6.45) is 5.06. The van der Waals surface area contributed by atoms with E-state index in [0.717, 1.165) is 29.5 Å². The van der Waals surface area contributed by atoms with Crippen molar-refractivity contribution in [2.75, 3.05) is 23.3 Å². The topological polar surface area (TPSA) is 45.2 Å². The number of thiazole rings is 1. The molecule has 0 bridgehead atoms. The number of hydrogen-bond donors (Lipinski definition) is 1. The molecule has 5 heteroatoms. The van der Waals surface area contributed by atoms with Crippen LogP contribution in [0.2, 0.25) is 0 Å². The van der Waals surface area contributed by atoms with Gasteiger partial charge in [0, 0.05) is 48.4 Å². The third-order valence-corrected chi connectivity index (χ3v) is 5.13. The smallest absolute Gasteiger partial charge is 0.224 e. The van der Waals surface area contributed by atoms with Crippen LogP contribution in [-0.2, 0) is 11.2 Å². The van der Waals surface area contributed by atoms with Crippen molar-refractivity contribution in [3.8, 4) is 0 Å². The van der Waals surface area contributed by atoms with E-state index in [1.807, 2.05) is 24.4 Å². The van der Waals surface area contributed by atoms with Gasteiger partial charge in [0.15, 0.2) is 0 Å². The van der Waals surface area contributed by atoms with Crippen LogP contribution >= 0.6 is 11.3 Å². The number of hydrogen-bond acceptors (Lipinski definition) is 4.